The molecule has 2 N–H and O–H groups in total. The summed E-state index contributed by atoms with van der Waals surface area (Å²) in [5.41, 5.74) is -1.00. The number of benzene rings is 1. The number of carbonyl (C=O) groups excluding carboxylic acids is 1. The van der Waals surface area contributed by atoms with E-state index in [4.69, 9.17) is 0 Å². The standard InChI is InChI=1S/C19H24N4O5S/c24-17(11-13-3-1-2-4-13)22-7-9-23(10-8-22)29(27,28)14-5-6-16-15(12-14)18(25)21-19(26)20-16/h5-6,12-13H,1-4,7-11H2,(H2,20,21,25,26). The van der Waals surface area contributed by atoms with E-state index in [0.717, 1.165) is 12.8 Å². The number of aromatic nitrogens is 2. The number of piperazine rings is 1. The van der Waals surface area contributed by atoms with Gasteiger partial charge >= 0.3 is 5.69 Å². The molecule has 0 spiro atoms. The molecule has 2 aliphatic rings. The number of aromatic amines is 2. The lowest BCUT2D eigenvalue weighted by atomic mass is 10.0. The molecule has 0 bridgehead atoms. The second kappa shape index (κ2) is 7.75. The van der Waals surface area contributed by atoms with Crippen molar-refractivity contribution < 1.29 is 13.2 Å². The molecule has 1 aliphatic heterocycles. The summed E-state index contributed by atoms with van der Waals surface area (Å²) >= 11 is 0. The molecule has 2 fully saturated rings. The fourth-order valence-electron chi connectivity index (χ4n) is 4.22. The van der Waals surface area contributed by atoms with E-state index in [1.54, 1.807) is 4.90 Å². The number of nitrogens with one attached hydrogen (secondary N) is 2. The van der Waals surface area contributed by atoms with Gasteiger partial charge in [0.15, 0.2) is 0 Å². The summed E-state index contributed by atoms with van der Waals surface area (Å²) in [5, 5.41) is 0.107. The van der Waals surface area contributed by atoms with Crippen LogP contribution in [0.3, 0.4) is 0 Å². The Morgan fingerprint density at radius 2 is 1.72 bits per heavy atom. The molecule has 0 radical (unpaired) electrons. The maximum atomic E-state index is 13.0. The largest absolute Gasteiger partial charge is 0.340 e. The molecular weight excluding hydrogens is 396 g/mol. The lowest BCUT2D eigenvalue weighted by Gasteiger charge is -2.34. The lowest BCUT2D eigenvalue weighted by molar-refractivity contribution is -0.133. The quantitative estimate of drug-likeness (QED) is 0.751. The van der Waals surface area contributed by atoms with Gasteiger partial charge in [0.1, 0.15) is 0 Å². The highest BCUT2D eigenvalue weighted by molar-refractivity contribution is 7.89. The number of hydrogen-bond donors (Lipinski definition) is 2. The van der Waals surface area contributed by atoms with E-state index in [-0.39, 0.29) is 34.8 Å². The number of carbonyl (C=O) groups is 1. The van der Waals surface area contributed by atoms with Gasteiger partial charge in [-0.15, -0.1) is 0 Å². The van der Waals surface area contributed by atoms with Crippen molar-refractivity contribution in [3.05, 3.63) is 39.0 Å². The Morgan fingerprint density at radius 1 is 1.03 bits per heavy atom. The van der Waals surface area contributed by atoms with E-state index in [9.17, 15) is 22.8 Å². The Hall–Kier alpha value is -2.46. The third-order valence-corrected chi connectivity index (χ3v) is 7.77. The molecule has 1 saturated heterocycles. The predicted molar refractivity (Wildman–Crippen MR) is 107 cm³/mol. The Morgan fingerprint density at radius 3 is 2.41 bits per heavy atom. The average Bonchev–Trinajstić information content (AvgIpc) is 3.20. The Labute approximate surface area is 167 Å². The zero-order valence-electron chi connectivity index (χ0n) is 16.0. The maximum Gasteiger partial charge on any atom is 0.326 e. The van der Waals surface area contributed by atoms with E-state index in [0.29, 0.717) is 25.4 Å². The van der Waals surface area contributed by atoms with Crippen molar-refractivity contribution in [1.82, 2.24) is 19.2 Å². The van der Waals surface area contributed by atoms with Gasteiger partial charge in [-0.1, -0.05) is 12.8 Å². The predicted octanol–water partition coefficient (Wildman–Crippen LogP) is 0.630. The summed E-state index contributed by atoms with van der Waals surface area (Å²) in [7, 11) is -3.80. The molecule has 1 amide bonds. The second-order valence-electron chi connectivity index (χ2n) is 7.76. The smallest absolute Gasteiger partial charge is 0.326 e. The summed E-state index contributed by atoms with van der Waals surface area (Å²) in [6.45, 7) is 1.18. The number of H-pyrrole nitrogens is 2. The molecule has 1 aromatic carbocycles. The van der Waals surface area contributed by atoms with Gasteiger partial charge in [0.05, 0.1) is 15.8 Å². The highest BCUT2D eigenvalue weighted by Gasteiger charge is 2.31. The molecule has 2 heterocycles. The minimum Gasteiger partial charge on any atom is -0.340 e. The normalized spacial score (nSPS) is 19.1. The van der Waals surface area contributed by atoms with Gasteiger partial charge in [0.2, 0.25) is 15.9 Å². The molecule has 10 heteroatoms. The molecule has 0 unspecified atom stereocenters. The van der Waals surface area contributed by atoms with E-state index in [2.05, 4.69) is 9.97 Å². The topological polar surface area (TPSA) is 123 Å². The van der Waals surface area contributed by atoms with Crippen LogP contribution in [0, 0.1) is 5.92 Å². The molecular formula is C19H24N4O5S. The van der Waals surface area contributed by atoms with Crippen molar-refractivity contribution in [3.63, 3.8) is 0 Å². The fraction of sp³-hybridized carbons (Fsp3) is 0.526. The summed E-state index contributed by atoms with van der Waals surface area (Å²) < 4.78 is 27.3. The number of fused-ring (bicyclic) bond motifs is 1. The molecule has 2 aromatic rings. The molecule has 0 atom stereocenters. The molecule has 9 nitrogen and oxygen atoms in total. The van der Waals surface area contributed by atoms with Crippen molar-refractivity contribution in [1.29, 1.82) is 0 Å². The van der Waals surface area contributed by atoms with Crippen LogP contribution in [0.25, 0.3) is 10.9 Å². The Balaban J connectivity index is 1.47. The summed E-state index contributed by atoms with van der Waals surface area (Å²) in [6, 6.07) is 4.07. The summed E-state index contributed by atoms with van der Waals surface area (Å²) in [6.07, 6.45) is 5.14. The first-order valence-electron chi connectivity index (χ1n) is 9.89. The van der Waals surface area contributed by atoms with Crippen molar-refractivity contribution in [2.45, 2.75) is 37.0 Å². The van der Waals surface area contributed by atoms with Crippen molar-refractivity contribution in [2.24, 2.45) is 5.92 Å². The highest BCUT2D eigenvalue weighted by atomic mass is 32.2. The molecule has 29 heavy (non-hydrogen) atoms. The molecule has 4 rings (SSSR count). The third kappa shape index (κ3) is 3.99. The van der Waals surface area contributed by atoms with E-state index in [1.807, 2.05) is 0 Å². The van der Waals surface area contributed by atoms with E-state index >= 15 is 0 Å². The van der Waals surface area contributed by atoms with Crippen LogP contribution in [0.4, 0.5) is 0 Å². The van der Waals surface area contributed by atoms with Crippen molar-refractivity contribution in [3.8, 4) is 0 Å². The van der Waals surface area contributed by atoms with Gasteiger partial charge in [0, 0.05) is 32.6 Å². The van der Waals surface area contributed by atoms with Crippen LogP contribution in [0.5, 0.6) is 0 Å². The number of hydrogen-bond acceptors (Lipinski definition) is 5. The van der Waals surface area contributed by atoms with Crippen LogP contribution >= 0.6 is 0 Å². The van der Waals surface area contributed by atoms with E-state index in [1.165, 1.54) is 35.3 Å². The first kappa shape index (κ1) is 19.8. The van der Waals surface area contributed by atoms with Crippen molar-refractivity contribution in [2.75, 3.05) is 26.2 Å². The minimum atomic E-state index is -3.80. The zero-order chi connectivity index (χ0) is 20.6. The molecule has 1 aliphatic carbocycles. The number of sulfonamides is 1. The Bertz CT molecular complexity index is 1140. The third-order valence-electron chi connectivity index (χ3n) is 5.88. The van der Waals surface area contributed by atoms with Gasteiger partial charge in [-0.25, -0.2) is 13.2 Å². The average molecular weight is 420 g/mol. The van der Waals surface area contributed by atoms with Crippen LogP contribution in [0.2, 0.25) is 0 Å². The maximum absolute atomic E-state index is 13.0. The highest BCUT2D eigenvalue weighted by Crippen LogP contribution is 2.28. The molecule has 156 valence electrons. The van der Waals surface area contributed by atoms with Crippen LogP contribution in [0.1, 0.15) is 32.1 Å². The van der Waals surface area contributed by atoms with Crippen molar-refractivity contribution >= 4 is 26.8 Å². The van der Waals surface area contributed by atoms with Crippen LogP contribution in [-0.2, 0) is 14.8 Å². The first-order valence-corrected chi connectivity index (χ1v) is 11.3. The van der Waals surface area contributed by atoms with Gasteiger partial charge in [-0.3, -0.25) is 14.6 Å². The van der Waals surface area contributed by atoms with Crippen LogP contribution in [-0.4, -0.2) is 59.7 Å². The number of amides is 1. The molecule has 1 aromatic heterocycles. The van der Waals surface area contributed by atoms with E-state index < -0.39 is 21.3 Å². The van der Waals surface area contributed by atoms with Gasteiger partial charge in [0.25, 0.3) is 5.56 Å². The van der Waals surface area contributed by atoms with Gasteiger partial charge < -0.3 is 9.88 Å². The van der Waals surface area contributed by atoms with Gasteiger partial charge in [-0.05, 0) is 37.0 Å². The first-order chi connectivity index (χ1) is 13.8. The monoisotopic (exact) mass is 420 g/mol. The number of nitrogens with zero attached hydrogens (tertiary/aromatic N) is 2. The lowest BCUT2D eigenvalue weighted by Crippen LogP contribution is -2.50. The second-order valence-corrected chi connectivity index (χ2v) is 9.69. The fourth-order valence-corrected chi connectivity index (χ4v) is 5.67. The van der Waals surface area contributed by atoms with Crippen LogP contribution < -0.4 is 11.2 Å². The van der Waals surface area contributed by atoms with Crippen LogP contribution in [0.15, 0.2) is 32.7 Å². The SMILES string of the molecule is O=C(CC1CCCC1)N1CCN(S(=O)(=O)c2ccc3[nH]c(=O)[nH]c(=O)c3c2)CC1. The molecule has 1 saturated carbocycles. The van der Waals surface area contributed by atoms with Gasteiger partial charge in [-0.2, -0.15) is 4.31 Å². The summed E-state index contributed by atoms with van der Waals surface area (Å²) in [4.78, 5) is 42.1. The zero-order valence-corrected chi connectivity index (χ0v) is 16.8. The number of rotatable bonds is 4. The Kier molecular flexibility index (Phi) is 5.30. The summed E-state index contributed by atoms with van der Waals surface area (Å²) in [5.74, 6) is 0.571. The minimum absolute atomic E-state index is 0.00622.